The lowest BCUT2D eigenvalue weighted by Gasteiger charge is -2.17. The Labute approximate surface area is 114 Å². The number of Topliss-reactive ketones (excluding diaryl/α,β-unsaturated/α-hetero) is 2. The molecule has 0 spiro atoms. The van der Waals surface area contributed by atoms with E-state index in [0.717, 1.165) is 31.6 Å². The summed E-state index contributed by atoms with van der Waals surface area (Å²) in [6, 6.07) is 0. The van der Waals surface area contributed by atoms with E-state index in [0.29, 0.717) is 15.9 Å². The molecule has 0 amide bonds. The highest BCUT2D eigenvalue weighted by Crippen LogP contribution is 2.34. The minimum Gasteiger partial charge on any atom is -0.325 e. The summed E-state index contributed by atoms with van der Waals surface area (Å²) in [7, 11) is 0. The SMILES string of the molecule is O=C1C(Br)=C(Br)C(=O)c2c1nc1n2CCCC1. The number of nitrogens with zero attached hydrogens (tertiary/aromatic N) is 2. The van der Waals surface area contributed by atoms with Crippen molar-refractivity contribution in [2.45, 2.75) is 25.8 Å². The van der Waals surface area contributed by atoms with E-state index in [1.54, 1.807) is 0 Å². The summed E-state index contributed by atoms with van der Waals surface area (Å²) in [5.41, 5.74) is 0.738. The smallest absolute Gasteiger partial charge is 0.221 e. The normalized spacial score (nSPS) is 19.4. The van der Waals surface area contributed by atoms with E-state index < -0.39 is 0 Å². The summed E-state index contributed by atoms with van der Waals surface area (Å²) < 4.78 is 2.45. The maximum atomic E-state index is 12.2. The molecular weight excluding hydrogens is 352 g/mol. The molecule has 3 rings (SSSR count). The highest BCUT2D eigenvalue weighted by molar-refractivity contribution is 9.14. The van der Waals surface area contributed by atoms with E-state index in [1.165, 1.54) is 0 Å². The number of ketones is 2. The van der Waals surface area contributed by atoms with Crippen molar-refractivity contribution in [3.05, 3.63) is 26.2 Å². The lowest BCUT2D eigenvalue weighted by molar-refractivity contribution is 0.0981. The van der Waals surface area contributed by atoms with Crippen LogP contribution in [0.5, 0.6) is 0 Å². The number of hydrogen-bond donors (Lipinski definition) is 0. The topological polar surface area (TPSA) is 52.0 Å². The molecule has 0 atom stereocenters. The Morgan fingerprint density at radius 1 is 1.06 bits per heavy atom. The third-order valence-electron chi connectivity index (χ3n) is 3.10. The van der Waals surface area contributed by atoms with Crippen LogP contribution in [0.4, 0.5) is 0 Å². The van der Waals surface area contributed by atoms with Gasteiger partial charge in [-0.25, -0.2) is 4.98 Å². The van der Waals surface area contributed by atoms with Crippen molar-refractivity contribution in [1.82, 2.24) is 9.55 Å². The number of imidazole rings is 1. The van der Waals surface area contributed by atoms with Gasteiger partial charge in [-0.2, -0.15) is 0 Å². The van der Waals surface area contributed by atoms with E-state index in [4.69, 9.17) is 0 Å². The average molecular weight is 360 g/mol. The highest BCUT2D eigenvalue weighted by atomic mass is 79.9. The van der Waals surface area contributed by atoms with Crippen molar-refractivity contribution in [2.24, 2.45) is 0 Å². The molecule has 0 radical (unpaired) electrons. The first-order valence-corrected chi connectivity index (χ1v) is 6.94. The van der Waals surface area contributed by atoms with Crippen molar-refractivity contribution in [1.29, 1.82) is 0 Å². The maximum absolute atomic E-state index is 12.2. The quantitative estimate of drug-likeness (QED) is 0.715. The van der Waals surface area contributed by atoms with Gasteiger partial charge in [-0.1, -0.05) is 0 Å². The van der Waals surface area contributed by atoms with Gasteiger partial charge in [0.1, 0.15) is 17.2 Å². The lowest BCUT2D eigenvalue weighted by atomic mass is 10.1. The number of halogens is 2. The lowest BCUT2D eigenvalue weighted by Crippen LogP contribution is -2.21. The van der Waals surface area contributed by atoms with Crippen molar-refractivity contribution < 1.29 is 9.59 Å². The van der Waals surface area contributed by atoms with Gasteiger partial charge in [0.2, 0.25) is 11.6 Å². The zero-order valence-corrected chi connectivity index (χ0v) is 12.0. The number of allylic oxidation sites excluding steroid dienone is 2. The zero-order chi connectivity index (χ0) is 12.2. The number of aromatic nitrogens is 2. The van der Waals surface area contributed by atoms with E-state index in [9.17, 15) is 9.59 Å². The van der Waals surface area contributed by atoms with Crippen molar-refractivity contribution in [2.75, 3.05) is 0 Å². The molecule has 1 aliphatic carbocycles. The van der Waals surface area contributed by atoms with Crippen LogP contribution in [0.15, 0.2) is 8.96 Å². The zero-order valence-electron chi connectivity index (χ0n) is 8.80. The number of fused-ring (bicyclic) bond motifs is 3. The van der Waals surface area contributed by atoms with Gasteiger partial charge in [0.25, 0.3) is 0 Å². The molecule has 2 aliphatic rings. The van der Waals surface area contributed by atoms with Gasteiger partial charge in [-0.05, 0) is 44.7 Å². The minimum absolute atomic E-state index is 0.160. The number of carbonyl (C=O) groups is 2. The Hall–Kier alpha value is -0.750. The van der Waals surface area contributed by atoms with Gasteiger partial charge < -0.3 is 4.57 Å². The predicted octanol–water partition coefficient (Wildman–Crippen LogP) is 2.60. The van der Waals surface area contributed by atoms with E-state index in [2.05, 4.69) is 36.8 Å². The molecule has 88 valence electrons. The second-order valence-corrected chi connectivity index (χ2v) is 5.71. The number of rotatable bonds is 0. The monoisotopic (exact) mass is 358 g/mol. The summed E-state index contributed by atoms with van der Waals surface area (Å²) in [6.07, 6.45) is 2.93. The van der Waals surface area contributed by atoms with Crippen LogP contribution >= 0.6 is 31.9 Å². The first kappa shape index (κ1) is 11.3. The van der Waals surface area contributed by atoms with Crippen LogP contribution in [0, 0.1) is 0 Å². The molecule has 0 saturated carbocycles. The van der Waals surface area contributed by atoms with Gasteiger partial charge in [-0.15, -0.1) is 0 Å². The molecule has 1 aromatic heterocycles. The number of aryl methyl sites for hydroxylation is 1. The molecule has 1 aromatic rings. The standard InChI is InChI=1S/C11H8Br2N2O2/c12-6-7(13)11(17)9-8(10(6)16)14-5-3-1-2-4-15(5)9/h1-4H2. The first-order chi connectivity index (χ1) is 8.11. The Morgan fingerprint density at radius 2 is 1.76 bits per heavy atom. The fraction of sp³-hybridized carbons (Fsp3) is 0.364. The van der Waals surface area contributed by atoms with Gasteiger partial charge >= 0.3 is 0 Å². The van der Waals surface area contributed by atoms with Crippen molar-refractivity contribution >= 4 is 43.4 Å². The molecule has 17 heavy (non-hydrogen) atoms. The molecule has 0 bridgehead atoms. The highest BCUT2D eigenvalue weighted by Gasteiger charge is 2.36. The summed E-state index contributed by atoms with van der Waals surface area (Å²) in [4.78, 5) is 28.5. The summed E-state index contributed by atoms with van der Waals surface area (Å²) in [6.45, 7) is 0.772. The summed E-state index contributed by atoms with van der Waals surface area (Å²) in [5, 5.41) is 0. The van der Waals surface area contributed by atoms with Crippen LogP contribution in [-0.4, -0.2) is 21.1 Å². The number of carbonyl (C=O) groups excluding carboxylic acids is 2. The van der Waals surface area contributed by atoms with Gasteiger partial charge in [-0.3, -0.25) is 9.59 Å². The molecule has 0 saturated heterocycles. The second-order valence-electron chi connectivity index (χ2n) is 4.12. The Morgan fingerprint density at radius 3 is 2.53 bits per heavy atom. The summed E-state index contributed by atoms with van der Waals surface area (Å²) >= 11 is 6.30. The van der Waals surface area contributed by atoms with Crippen LogP contribution in [0.25, 0.3) is 0 Å². The molecule has 4 nitrogen and oxygen atoms in total. The third-order valence-corrected chi connectivity index (χ3v) is 5.15. The van der Waals surface area contributed by atoms with Crippen molar-refractivity contribution in [3.63, 3.8) is 0 Å². The molecule has 0 unspecified atom stereocenters. The number of hydrogen-bond acceptors (Lipinski definition) is 3. The van der Waals surface area contributed by atoms with Crippen LogP contribution < -0.4 is 0 Å². The van der Waals surface area contributed by atoms with E-state index in [-0.39, 0.29) is 16.0 Å². The molecule has 2 heterocycles. The molecule has 1 aliphatic heterocycles. The Balaban J connectivity index is 2.26. The molecule has 0 N–H and O–H groups in total. The first-order valence-electron chi connectivity index (χ1n) is 5.35. The fourth-order valence-electron chi connectivity index (χ4n) is 2.28. The van der Waals surface area contributed by atoms with Crippen LogP contribution in [-0.2, 0) is 13.0 Å². The minimum atomic E-state index is -0.214. The maximum Gasteiger partial charge on any atom is 0.221 e. The largest absolute Gasteiger partial charge is 0.325 e. The van der Waals surface area contributed by atoms with Crippen LogP contribution in [0.3, 0.4) is 0 Å². The van der Waals surface area contributed by atoms with Crippen molar-refractivity contribution in [3.8, 4) is 0 Å². The van der Waals surface area contributed by atoms with Gasteiger partial charge in [0.15, 0.2) is 0 Å². The molecular formula is C11H8Br2N2O2. The van der Waals surface area contributed by atoms with E-state index in [1.807, 2.05) is 4.57 Å². The average Bonchev–Trinajstić information content (AvgIpc) is 2.73. The second kappa shape index (κ2) is 3.88. The Kier molecular flexibility index (Phi) is 2.59. The van der Waals surface area contributed by atoms with Crippen LogP contribution in [0.2, 0.25) is 0 Å². The summed E-state index contributed by atoms with van der Waals surface area (Å²) in [5.74, 6) is 0.478. The van der Waals surface area contributed by atoms with E-state index >= 15 is 0 Å². The van der Waals surface area contributed by atoms with Gasteiger partial charge in [0.05, 0.1) is 8.96 Å². The molecule has 0 fully saturated rings. The Bertz CT molecular complexity index is 587. The molecule has 0 aromatic carbocycles. The van der Waals surface area contributed by atoms with Gasteiger partial charge in [0, 0.05) is 13.0 Å². The third kappa shape index (κ3) is 1.50. The fourth-order valence-corrected chi connectivity index (χ4v) is 3.02. The van der Waals surface area contributed by atoms with Crippen LogP contribution in [0.1, 0.15) is 39.6 Å². The molecule has 6 heteroatoms. The predicted molar refractivity (Wildman–Crippen MR) is 68.7 cm³/mol.